The van der Waals surface area contributed by atoms with Crippen LogP contribution in [-0.4, -0.2) is 25.2 Å². The minimum Gasteiger partial charge on any atom is -0.497 e. The van der Waals surface area contributed by atoms with E-state index in [0.29, 0.717) is 5.69 Å². The lowest BCUT2D eigenvalue weighted by Crippen LogP contribution is -2.06. The number of rotatable bonds is 7. The van der Waals surface area contributed by atoms with Crippen molar-refractivity contribution < 1.29 is 4.74 Å². The van der Waals surface area contributed by atoms with Crippen LogP contribution in [0.15, 0.2) is 30.9 Å². The minimum absolute atomic E-state index is 0.716. The lowest BCUT2D eigenvalue weighted by Gasteiger charge is -2.10. The first kappa shape index (κ1) is 12.8. The molecule has 4 heteroatoms. The molecule has 0 unspecified atom stereocenters. The largest absolute Gasteiger partial charge is 0.497 e. The van der Waals surface area contributed by atoms with Crippen molar-refractivity contribution in [3.8, 4) is 5.75 Å². The first-order valence-corrected chi connectivity index (χ1v) is 6.29. The molecular weight excluding hydrogens is 220 g/mol. The van der Waals surface area contributed by atoms with E-state index < -0.39 is 0 Å². The third-order valence-electron chi connectivity index (χ3n) is 2.06. The quantitative estimate of drug-likeness (QED) is 0.435. The molecule has 1 aromatic rings. The Balaban J connectivity index is 2.39. The second-order valence-electron chi connectivity index (χ2n) is 3.24. The van der Waals surface area contributed by atoms with Gasteiger partial charge in [0, 0.05) is 24.1 Å². The van der Waals surface area contributed by atoms with Crippen LogP contribution >= 0.6 is 11.8 Å². The molecular formula is C12H18N2OS. The summed E-state index contributed by atoms with van der Waals surface area (Å²) in [5.41, 5.74) is 7.55. The maximum absolute atomic E-state index is 5.87. The highest BCUT2D eigenvalue weighted by Gasteiger charge is 1.99. The monoisotopic (exact) mass is 238 g/mol. The Hall–Kier alpha value is -1.29. The van der Waals surface area contributed by atoms with Gasteiger partial charge in [-0.2, -0.15) is 11.8 Å². The van der Waals surface area contributed by atoms with Gasteiger partial charge in [0.1, 0.15) is 5.75 Å². The molecule has 0 aliphatic heterocycles. The standard InChI is InChI=1S/C12H18N2OS/c1-3-7-16-8-6-14-12-5-4-10(15-2)9-11(12)13/h3-5,9,14H,1,6-8,13H2,2H3. The summed E-state index contributed by atoms with van der Waals surface area (Å²) in [6.07, 6.45) is 1.91. The van der Waals surface area contributed by atoms with Crippen molar-refractivity contribution in [2.24, 2.45) is 0 Å². The van der Waals surface area contributed by atoms with Crippen molar-refractivity contribution in [3.05, 3.63) is 30.9 Å². The van der Waals surface area contributed by atoms with E-state index in [0.717, 1.165) is 29.5 Å². The summed E-state index contributed by atoms with van der Waals surface area (Å²) in [6.45, 7) is 4.57. The molecule has 0 radical (unpaired) electrons. The minimum atomic E-state index is 0.716. The molecule has 88 valence electrons. The van der Waals surface area contributed by atoms with Gasteiger partial charge in [0.2, 0.25) is 0 Å². The van der Waals surface area contributed by atoms with Gasteiger partial charge >= 0.3 is 0 Å². The molecule has 0 saturated carbocycles. The van der Waals surface area contributed by atoms with Crippen molar-refractivity contribution in [2.75, 3.05) is 36.2 Å². The van der Waals surface area contributed by atoms with Crippen molar-refractivity contribution in [2.45, 2.75) is 0 Å². The molecule has 0 aliphatic carbocycles. The Kier molecular flexibility index (Phi) is 5.64. The fourth-order valence-corrected chi connectivity index (χ4v) is 1.83. The van der Waals surface area contributed by atoms with Gasteiger partial charge in [-0.25, -0.2) is 0 Å². The molecule has 0 amide bonds. The topological polar surface area (TPSA) is 47.3 Å². The fraction of sp³-hybridized carbons (Fsp3) is 0.333. The van der Waals surface area contributed by atoms with E-state index in [9.17, 15) is 0 Å². The van der Waals surface area contributed by atoms with Crippen LogP contribution in [0.4, 0.5) is 11.4 Å². The third-order valence-corrected chi connectivity index (χ3v) is 3.02. The number of ether oxygens (including phenoxy) is 1. The number of thioether (sulfide) groups is 1. The number of nitrogen functional groups attached to an aromatic ring is 1. The Morgan fingerprint density at radius 3 is 3.00 bits per heavy atom. The number of anilines is 2. The second-order valence-corrected chi connectivity index (χ2v) is 4.39. The maximum atomic E-state index is 5.87. The second kappa shape index (κ2) is 7.06. The first-order chi connectivity index (χ1) is 7.77. The van der Waals surface area contributed by atoms with Gasteiger partial charge < -0.3 is 15.8 Å². The van der Waals surface area contributed by atoms with E-state index in [2.05, 4.69) is 11.9 Å². The summed E-state index contributed by atoms with van der Waals surface area (Å²) < 4.78 is 5.08. The predicted octanol–water partition coefficient (Wildman–Crippen LogP) is 2.61. The van der Waals surface area contributed by atoms with E-state index in [4.69, 9.17) is 10.5 Å². The van der Waals surface area contributed by atoms with E-state index in [1.165, 1.54) is 0 Å². The predicted molar refractivity (Wildman–Crippen MR) is 73.4 cm³/mol. The number of nitrogens with two attached hydrogens (primary N) is 1. The van der Waals surface area contributed by atoms with Gasteiger partial charge in [0.25, 0.3) is 0 Å². The summed E-state index contributed by atoms with van der Waals surface area (Å²) in [6, 6.07) is 5.65. The van der Waals surface area contributed by atoms with Gasteiger partial charge in [0.15, 0.2) is 0 Å². The zero-order valence-corrected chi connectivity index (χ0v) is 10.3. The summed E-state index contributed by atoms with van der Waals surface area (Å²) in [4.78, 5) is 0. The van der Waals surface area contributed by atoms with Crippen LogP contribution in [0, 0.1) is 0 Å². The highest BCUT2D eigenvalue weighted by molar-refractivity contribution is 7.99. The first-order valence-electron chi connectivity index (χ1n) is 5.14. The molecule has 0 aromatic heterocycles. The van der Waals surface area contributed by atoms with Crippen LogP contribution in [0.1, 0.15) is 0 Å². The molecule has 0 fully saturated rings. The van der Waals surface area contributed by atoms with E-state index >= 15 is 0 Å². The molecule has 1 rings (SSSR count). The average molecular weight is 238 g/mol. The zero-order chi connectivity index (χ0) is 11.8. The number of hydrogen-bond acceptors (Lipinski definition) is 4. The van der Waals surface area contributed by atoms with Crippen molar-refractivity contribution in [1.82, 2.24) is 0 Å². The van der Waals surface area contributed by atoms with Gasteiger partial charge in [-0.1, -0.05) is 6.08 Å². The summed E-state index contributed by atoms with van der Waals surface area (Å²) in [5, 5.41) is 3.29. The Morgan fingerprint density at radius 2 is 2.38 bits per heavy atom. The zero-order valence-electron chi connectivity index (χ0n) is 9.53. The summed E-state index contributed by atoms with van der Waals surface area (Å²) in [7, 11) is 1.63. The van der Waals surface area contributed by atoms with E-state index in [-0.39, 0.29) is 0 Å². The van der Waals surface area contributed by atoms with Crippen LogP contribution in [0.3, 0.4) is 0 Å². The molecule has 0 spiro atoms. The number of nitrogens with one attached hydrogen (secondary N) is 1. The van der Waals surface area contributed by atoms with Gasteiger partial charge in [-0.15, -0.1) is 6.58 Å². The molecule has 1 aromatic carbocycles. The molecule has 3 nitrogen and oxygen atoms in total. The lowest BCUT2D eigenvalue weighted by molar-refractivity contribution is 0.415. The SMILES string of the molecule is C=CCSCCNc1ccc(OC)cc1N. The van der Waals surface area contributed by atoms with E-state index in [1.807, 2.05) is 36.0 Å². The maximum Gasteiger partial charge on any atom is 0.121 e. The Bertz CT molecular complexity index is 342. The van der Waals surface area contributed by atoms with Crippen LogP contribution in [0.25, 0.3) is 0 Å². The van der Waals surface area contributed by atoms with Crippen molar-refractivity contribution >= 4 is 23.1 Å². The summed E-state index contributed by atoms with van der Waals surface area (Å²) >= 11 is 1.84. The van der Waals surface area contributed by atoms with Crippen molar-refractivity contribution in [1.29, 1.82) is 0 Å². The molecule has 0 bridgehead atoms. The number of hydrogen-bond donors (Lipinski definition) is 2. The fourth-order valence-electron chi connectivity index (χ4n) is 1.25. The van der Waals surface area contributed by atoms with Crippen LogP contribution in [0.2, 0.25) is 0 Å². The van der Waals surface area contributed by atoms with Gasteiger partial charge in [-0.3, -0.25) is 0 Å². The van der Waals surface area contributed by atoms with Crippen LogP contribution in [-0.2, 0) is 0 Å². The lowest BCUT2D eigenvalue weighted by atomic mass is 10.2. The summed E-state index contributed by atoms with van der Waals surface area (Å²) in [5.74, 6) is 2.81. The Labute approximate surface area is 101 Å². The average Bonchev–Trinajstić information content (AvgIpc) is 2.30. The van der Waals surface area contributed by atoms with E-state index in [1.54, 1.807) is 7.11 Å². The number of methoxy groups -OCH3 is 1. The number of benzene rings is 1. The smallest absolute Gasteiger partial charge is 0.121 e. The molecule has 0 aliphatic rings. The van der Waals surface area contributed by atoms with Crippen LogP contribution < -0.4 is 15.8 Å². The molecule has 16 heavy (non-hydrogen) atoms. The molecule has 0 saturated heterocycles. The molecule has 0 atom stereocenters. The molecule has 0 heterocycles. The van der Waals surface area contributed by atoms with Gasteiger partial charge in [-0.05, 0) is 12.1 Å². The highest BCUT2D eigenvalue weighted by Crippen LogP contribution is 2.23. The Morgan fingerprint density at radius 1 is 1.56 bits per heavy atom. The van der Waals surface area contributed by atoms with Crippen molar-refractivity contribution in [3.63, 3.8) is 0 Å². The van der Waals surface area contributed by atoms with Crippen LogP contribution in [0.5, 0.6) is 5.75 Å². The van der Waals surface area contributed by atoms with Gasteiger partial charge in [0.05, 0.1) is 18.5 Å². The molecule has 3 N–H and O–H groups in total. The normalized spacial score (nSPS) is 9.81. The highest BCUT2D eigenvalue weighted by atomic mass is 32.2. The third kappa shape index (κ3) is 4.06.